The second-order valence-electron chi connectivity index (χ2n) is 8.00. The molecule has 2 aliphatic heterocycles. The minimum Gasteiger partial charge on any atom is -0.232 e. The van der Waals surface area contributed by atoms with Crippen LogP contribution in [0.25, 0.3) is 0 Å². The van der Waals surface area contributed by atoms with Gasteiger partial charge in [-0.05, 0) is 25.7 Å². The molecule has 0 spiro atoms. The van der Waals surface area contributed by atoms with Crippen LogP contribution in [0.15, 0.2) is 0 Å². The van der Waals surface area contributed by atoms with E-state index in [4.69, 9.17) is 0 Å². The molecule has 0 aromatic rings. The Morgan fingerprint density at radius 2 is 0.833 bits per heavy atom. The van der Waals surface area contributed by atoms with Gasteiger partial charge in [0.15, 0.2) is 0 Å². The van der Waals surface area contributed by atoms with E-state index in [-0.39, 0.29) is 0 Å². The zero-order valence-electron chi connectivity index (χ0n) is 16.8. The van der Waals surface area contributed by atoms with Crippen molar-refractivity contribution in [1.29, 1.82) is 0 Å². The number of hydrazine groups is 2. The Bertz CT molecular complexity index is 308. The molecule has 2 N–H and O–H groups in total. The van der Waals surface area contributed by atoms with E-state index >= 15 is 0 Å². The molecule has 2 fully saturated rings. The van der Waals surface area contributed by atoms with E-state index in [0.717, 1.165) is 13.1 Å². The van der Waals surface area contributed by atoms with Crippen LogP contribution in [-0.2, 0) is 0 Å². The average Bonchev–Trinajstić information content (AvgIpc) is 3.48. The molecule has 2 saturated heterocycles. The van der Waals surface area contributed by atoms with E-state index in [2.05, 4.69) is 48.6 Å². The van der Waals surface area contributed by atoms with Gasteiger partial charge >= 0.3 is 0 Å². The SMILES string of the molecule is CCCCC1(CCCC)NN1CCN1NC1(CCCC)CCCC. The first-order chi connectivity index (χ1) is 11.7. The van der Waals surface area contributed by atoms with Gasteiger partial charge in [-0.3, -0.25) is 0 Å². The van der Waals surface area contributed by atoms with Crippen LogP contribution >= 0.6 is 0 Å². The third kappa shape index (κ3) is 5.17. The molecule has 4 heteroatoms. The summed E-state index contributed by atoms with van der Waals surface area (Å²) in [7, 11) is 0. The van der Waals surface area contributed by atoms with Crippen LogP contribution in [0.3, 0.4) is 0 Å². The van der Waals surface area contributed by atoms with E-state index in [1.807, 2.05) is 0 Å². The molecule has 0 amide bonds. The fraction of sp³-hybridized carbons (Fsp3) is 1.00. The summed E-state index contributed by atoms with van der Waals surface area (Å²) < 4.78 is 0. The van der Waals surface area contributed by atoms with Crippen molar-refractivity contribution < 1.29 is 0 Å². The first-order valence-electron chi connectivity index (χ1n) is 10.8. The molecule has 0 aromatic heterocycles. The molecular weight excluding hydrogens is 296 g/mol. The van der Waals surface area contributed by atoms with Crippen molar-refractivity contribution in [3.8, 4) is 0 Å². The summed E-state index contributed by atoms with van der Waals surface area (Å²) in [6, 6.07) is 0. The van der Waals surface area contributed by atoms with Gasteiger partial charge in [-0.25, -0.2) is 20.9 Å². The van der Waals surface area contributed by atoms with Gasteiger partial charge in [0.05, 0.1) is 11.3 Å². The van der Waals surface area contributed by atoms with Crippen molar-refractivity contribution in [2.75, 3.05) is 13.1 Å². The smallest absolute Gasteiger partial charge is 0.0974 e. The predicted octanol–water partition coefficient (Wildman–Crippen LogP) is 4.78. The van der Waals surface area contributed by atoms with E-state index in [9.17, 15) is 0 Å². The topological polar surface area (TPSA) is 49.9 Å². The summed E-state index contributed by atoms with van der Waals surface area (Å²) >= 11 is 0. The zero-order chi connectivity index (χ0) is 17.5. The zero-order valence-corrected chi connectivity index (χ0v) is 16.8. The quantitative estimate of drug-likeness (QED) is 0.422. The molecule has 24 heavy (non-hydrogen) atoms. The lowest BCUT2D eigenvalue weighted by molar-refractivity contribution is 0.292. The predicted molar refractivity (Wildman–Crippen MR) is 103 cm³/mol. The van der Waals surface area contributed by atoms with Crippen LogP contribution in [0.5, 0.6) is 0 Å². The lowest BCUT2D eigenvalue weighted by Gasteiger charge is -2.16. The molecule has 142 valence electrons. The van der Waals surface area contributed by atoms with Gasteiger partial charge < -0.3 is 0 Å². The lowest BCUT2D eigenvalue weighted by Crippen LogP contribution is -2.26. The normalized spacial score (nSPS) is 26.5. The van der Waals surface area contributed by atoms with Crippen LogP contribution in [0.1, 0.15) is 105 Å². The highest BCUT2D eigenvalue weighted by atomic mass is 15.8. The molecule has 2 atom stereocenters. The van der Waals surface area contributed by atoms with Gasteiger partial charge in [0.1, 0.15) is 0 Å². The molecule has 2 aliphatic rings. The Morgan fingerprint density at radius 3 is 1.08 bits per heavy atom. The maximum Gasteiger partial charge on any atom is 0.0974 e. The molecule has 2 rings (SSSR count). The van der Waals surface area contributed by atoms with Crippen molar-refractivity contribution in [2.24, 2.45) is 0 Å². The number of nitrogens with zero attached hydrogens (tertiary/aromatic N) is 2. The van der Waals surface area contributed by atoms with E-state index < -0.39 is 0 Å². The Labute approximate surface area is 150 Å². The van der Waals surface area contributed by atoms with Crippen LogP contribution in [0.2, 0.25) is 0 Å². The van der Waals surface area contributed by atoms with Gasteiger partial charge in [0, 0.05) is 13.1 Å². The molecule has 0 aromatic carbocycles. The molecule has 0 aliphatic carbocycles. The van der Waals surface area contributed by atoms with Crippen molar-refractivity contribution in [2.45, 2.75) is 116 Å². The number of hydrogen-bond acceptors (Lipinski definition) is 4. The van der Waals surface area contributed by atoms with Crippen LogP contribution in [0, 0.1) is 0 Å². The molecule has 2 heterocycles. The van der Waals surface area contributed by atoms with Gasteiger partial charge in [-0.1, -0.05) is 79.1 Å². The highest BCUT2D eigenvalue weighted by Gasteiger charge is 2.53. The first kappa shape index (κ1) is 20.2. The van der Waals surface area contributed by atoms with Crippen molar-refractivity contribution in [3.63, 3.8) is 0 Å². The average molecular weight is 339 g/mol. The highest BCUT2D eigenvalue weighted by Crippen LogP contribution is 2.38. The minimum atomic E-state index is 0.331. The number of hydrogen-bond donors (Lipinski definition) is 2. The fourth-order valence-corrected chi connectivity index (χ4v) is 4.08. The Balaban J connectivity index is 1.76. The summed E-state index contributed by atoms with van der Waals surface area (Å²) in [4.78, 5) is 0. The Morgan fingerprint density at radius 1 is 0.542 bits per heavy atom. The molecule has 2 unspecified atom stereocenters. The fourth-order valence-electron chi connectivity index (χ4n) is 4.08. The van der Waals surface area contributed by atoms with Crippen molar-refractivity contribution in [3.05, 3.63) is 0 Å². The number of unbranched alkanes of at least 4 members (excludes halogenated alkanes) is 4. The highest BCUT2D eigenvalue weighted by molar-refractivity contribution is 5.01. The second kappa shape index (κ2) is 9.51. The van der Waals surface area contributed by atoms with Gasteiger partial charge in [0.25, 0.3) is 0 Å². The van der Waals surface area contributed by atoms with Gasteiger partial charge in [0.2, 0.25) is 0 Å². The number of rotatable bonds is 15. The van der Waals surface area contributed by atoms with Crippen LogP contribution in [-0.4, -0.2) is 34.4 Å². The van der Waals surface area contributed by atoms with E-state index in [1.54, 1.807) is 0 Å². The first-order valence-corrected chi connectivity index (χ1v) is 10.8. The monoisotopic (exact) mass is 338 g/mol. The lowest BCUT2D eigenvalue weighted by atomic mass is 10.00. The summed E-state index contributed by atoms with van der Waals surface area (Å²) in [5.74, 6) is 0. The molecule has 0 bridgehead atoms. The maximum absolute atomic E-state index is 3.73. The summed E-state index contributed by atoms with van der Waals surface area (Å²) in [5.41, 5.74) is 8.12. The van der Waals surface area contributed by atoms with E-state index in [0.29, 0.717) is 11.3 Å². The van der Waals surface area contributed by atoms with Gasteiger partial charge in [-0.15, -0.1) is 0 Å². The van der Waals surface area contributed by atoms with Crippen molar-refractivity contribution >= 4 is 0 Å². The minimum absolute atomic E-state index is 0.331. The summed E-state index contributed by atoms with van der Waals surface area (Å²) in [6.07, 6.45) is 15.8. The summed E-state index contributed by atoms with van der Waals surface area (Å²) in [5, 5.41) is 5.06. The van der Waals surface area contributed by atoms with Crippen LogP contribution < -0.4 is 10.9 Å². The molecular formula is C20H42N4. The molecule has 0 saturated carbocycles. The van der Waals surface area contributed by atoms with Crippen LogP contribution in [0.4, 0.5) is 0 Å². The standard InChI is InChI=1S/C20H42N4/c1-5-9-13-19(14-10-6-2)21-23(19)17-18-24-20(22-24,15-11-7-3)16-12-8-4/h21-22H,5-18H2,1-4H3. The number of nitrogens with one attached hydrogen (secondary N) is 2. The molecule has 0 radical (unpaired) electrons. The third-order valence-corrected chi connectivity index (χ3v) is 5.94. The molecule has 4 nitrogen and oxygen atoms in total. The van der Waals surface area contributed by atoms with Crippen molar-refractivity contribution in [1.82, 2.24) is 20.9 Å². The summed E-state index contributed by atoms with van der Waals surface area (Å²) in [6.45, 7) is 11.5. The Hall–Kier alpha value is -0.160. The third-order valence-electron chi connectivity index (χ3n) is 5.94. The second-order valence-corrected chi connectivity index (χ2v) is 8.00. The Kier molecular flexibility index (Phi) is 7.99. The maximum atomic E-state index is 3.73. The van der Waals surface area contributed by atoms with Gasteiger partial charge in [-0.2, -0.15) is 0 Å². The largest absolute Gasteiger partial charge is 0.232 e. The van der Waals surface area contributed by atoms with E-state index in [1.165, 1.54) is 77.0 Å².